The van der Waals surface area contributed by atoms with Crippen LogP contribution >= 0.6 is 0 Å². The number of nitrogens with one attached hydrogen (secondary N) is 1. The molecule has 0 radical (unpaired) electrons. The zero-order valence-corrected chi connectivity index (χ0v) is 32.2. The number of aliphatic hydroxyl groups is 5. The monoisotopic (exact) mass is 714 g/mol. The van der Waals surface area contributed by atoms with Gasteiger partial charge in [-0.3, -0.25) is 4.79 Å². The van der Waals surface area contributed by atoms with Gasteiger partial charge in [0.15, 0.2) is 6.29 Å². The molecule has 1 fully saturated rings. The van der Waals surface area contributed by atoms with E-state index in [9.17, 15) is 30.3 Å². The Morgan fingerprint density at radius 1 is 0.660 bits per heavy atom. The van der Waals surface area contributed by atoms with E-state index in [-0.39, 0.29) is 12.5 Å². The summed E-state index contributed by atoms with van der Waals surface area (Å²) in [6.45, 7) is 3.80. The highest BCUT2D eigenvalue weighted by Gasteiger charge is 2.44. The van der Waals surface area contributed by atoms with Crippen molar-refractivity contribution in [1.82, 2.24) is 5.32 Å². The molecular formula is C41H79NO8. The van der Waals surface area contributed by atoms with Crippen molar-refractivity contribution in [1.29, 1.82) is 0 Å². The highest BCUT2D eigenvalue weighted by molar-refractivity contribution is 5.76. The molecule has 2 unspecified atom stereocenters. The predicted octanol–water partition coefficient (Wildman–Crippen LogP) is 7.78. The number of aliphatic hydroxyl groups excluding tert-OH is 5. The van der Waals surface area contributed by atoms with Crippen LogP contribution in [0.4, 0.5) is 0 Å². The molecule has 1 heterocycles. The van der Waals surface area contributed by atoms with Gasteiger partial charge in [-0.05, 0) is 38.5 Å². The third-order valence-electron chi connectivity index (χ3n) is 10.1. The van der Waals surface area contributed by atoms with Crippen LogP contribution in [0.5, 0.6) is 0 Å². The molecule has 1 amide bonds. The first-order valence-corrected chi connectivity index (χ1v) is 20.9. The van der Waals surface area contributed by atoms with Gasteiger partial charge in [0, 0.05) is 6.42 Å². The van der Waals surface area contributed by atoms with Crippen LogP contribution in [-0.4, -0.2) is 87.5 Å². The first-order chi connectivity index (χ1) is 24.3. The summed E-state index contributed by atoms with van der Waals surface area (Å²) >= 11 is 0. The maximum atomic E-state index is 12.9. The Labute approximate surface area is 306 Å². The highest BCUT2D eigenvalue weighted by atomic mass is 16.7. The molecule has 1 saturated heterocycles. The van der Waals surface area contributed by atoms with Crippen LogP contribution in [0, 0.1) is 0 Å². The van der Waals surface area contributed by atoms with Gasteiger partial charge >= 0.3 is 0 Å². The molecule has 0 saturated carbocycles. The Kier molecular flexibility index (Phi) is 30.6. The van der Waals surface area contributed by atoms with Gasteiger partial charge in [-0.25, -0.2) is 0 Å². The lowest BCUT2D eigenvalue weighted by Crippen LogP contribution is -2.60. The van der Waals surface area contributed by atoms with Gasteiger partial charge in [0.1, 0.15) is 24.4 Å². The minimum Gasteiger partial charge on any atom is -0.394 e. The van der Waals surface area contributed by atoms with Crippen molar-refractivity contribution in [3.8, 4) is 0 Å². The third-order valence-corrected chi connectivity index (χ3v) is 10.1. The van der Waals surface area contributed by atoms with E-state index < -0.39 is 49.5 Å². The van der Waals surface area contributed by atoms with Gasteiger partial charge < -0.3 is 40.3 Å². The quantitative estimate of drug-likeness (QED) is 0.0293. The molecule has 0 aromatic carbocycles. The summed E-state index contributed by atoms with van der Waals surface area (Å²) in [5, 5.41) is 54.1. The third kappa shape index (κ3) is 23.5. The molecular weight excluding hydrogens is 634 g/mol. The van der Waals surface area contributed by atoms with E-state index >= 15 is 0 Å². The largest absolute Gasteiger partial charge is 0.394 e. The van der Waals surface area contributed by atoms with E-state index in [2.05, 4.69) is 31.3 Å². The van der Waals surface area contributed by atoms with Gasteiger partial charge in [0.25, 0.3) is 0 Å². The summed E-state index contributed by atoms with van der Waals surface area (Å²) < 4.78 is 11.2. The van der Waals surface area contributed by atoms with Crippen molar-refractivity contribution in [2.24, 2.45) is 0 Å². The Morgan fingerprint density at radius 2 is 1.12 bits per heavy atom. The maximum absolute atomic E-state index is 12.9. The molecule has 1 aliphatic heterocycles. The first kappa shape index (κ1) is 47.0. The Balaban J connectivity index is 2.38. The maximum Gasteiger partial charge on any atom is 0.220 e. The molecule has 7 atom stereocenters. The Morgan fingerprint density at radius 3 is 1.62 bits per heavy atom. The molecule has 0 aromatic rings. The summed E-state index contributed by atoms with van der Waals surface area (Å²) in [6.07, 6.45) is 27.8. The molecule has 0 spiro atoms. The fourth-order valence-electron chi connectivity index (χ4n) is 6.68. The number of hydrogen-bond donors (Lipinski definition) is 6. The van der Waals surface area contributed by atoms with Gasteiger partial charge in [-0.1, -0.05) is 154 Å². The summed E-state index contributed by atoms with van der Waals surface area (Å²) in [7, 11) is 0. The van der Waals surface area contributed by atoms with Crippen LogP contribution in [0.15, 0.2) is 12.2 Å². The number of allylic oxidation sites excluding steroid dienone is 2. The lowest BCUT2D eigenvalue weighted by Gasteiger charge is -2.40. The molecule has 6 N–H and O–H groups in total. The van der Waals surface area contributed by atoms with E-state index in [1.807, 2.05) is 0 Å². The van der Waals surface area contributed by atoms with Crippen molar-refractivity contribution >= 4 is 5.91 Å². The topological polar surface area (TPSA) is 149 Å². The molecule has 9 nitrogen and oxygen atoms in total. The van der Waals surface area contributed by atoms with Gasteiger partial charge in [0.2, 0.25) is 5.91 Å². The molecule has 0 aromatic heterocycles. The van der Waals surface area contributed by atoms with Crippen molar-refractivity contribution in [2.75, 3.05) is 13.2 Å². The second kappa shape index (κ2) is 32.6. The predicted molar refractivity (Wildman–Crippen MR) is 203 cm³/mol. The zero-order chi connectivity index (χ0) is 36.7. The SMILES string of the molecule is CCCCCCCC/C=C/CCCCCCCC(=O)N[C@@H](CO[C@H]1O[C@@H](CO)[C@H](O)C(O)C1O)[C@H](O)CCCCCCCCCCCCCC. The van der Waals surface area contributed by atoms with Crippen molar-refractivity contribution in [3.63, 3.8) is 0 Å². The van der Waals surface area contributed by atoms with Crippen molar-refractivity contribution < 1.29 is 39.8 Å². The lowest BCUT2D eigenvalue weighted by molar-refractivity contribution is -0.302. The Hall–Kier alpha value is -1.07. The lowest BCUT2D eigenvalue weighted by atomic mass is 9.99. The van der Waals surface area contributed by atoms with Gasteiger partial charge in [-0.15, -0.1) is 0 Å². The van der Waals surface area contributed by atoms with E-state index in [1.54, 1.807) is 0 Å². The summed E-state index contributed by atoms with van der Waals surface area (Å²) in [5.41, 5.74) is 0. The normalized spacial score (nSPS) is 22.3. The number of ether oxygens (including phenoxy) is 2. The first-order valence-electron chi connectivity index (χ1n) is 20.9. The van der Waals surface area contributed by atoms with Crippen molar-refractivity contribution in [2.45, 2.75) is 230 Å². The minimum absolute atomic E-state index is 0.139. The van der Waals surface area contributed by atoms with E-state index in [4.69, 9.17) is 9.47 Å². The van der Waals surface area contributed by atoms with Gasteiger partial charge in [-0.2, -0.15) is 0 Å². The zero-order valence-electron chi connectivity index (χ0n) is 32.2. The van der Waals surface area contributed by atoms with Crippen LogP contribution < -0.4 is 5.32 Å². The molecule has 1 rings (SSSR count). The smallest absolute Gasteiger partial charge is 0.220 e. The van der Waals surface area contributed by atoms with Crippen LogP contribution in [0.3, 0.4) is 0 Å². The molecule has 0 aliphatic carbocycles. The van der Waals surface area contributed by atoms with Crippen LogP contribution in [-0.2, 0) is 14.3 Å². The fourth-order valence-corrected chi connectivity index (χ4v) is 6.68. The van der Waals surface area contributed by atoms with E-state index in [1.165, 1.54) is 109 Å². The average Bonchev–Trinajstić information content (AvgIpc) is 3.11. The van der Waals surface area contributed by atoms with Crippen LogP contribution in [0.25, 0.3) is 0 Å². The number of amides is 1. The average molecular weight is 714 g/mol. The number of unbranched alkanes of at least 4 members (excludes halogenated alkanes) is 22. The van der Waals surface area contributed by atoms with Crippen LogP contribution in [0.1, 0.15) is 187 Å². The highest BCUT2D eigenvalue weighted by Crippen LogP contribution is 2.23. The fraction of sp³-hybridized carbons (Fsp3) is 0.927. The van der Waals surface area contributed by atoms with E-state index in [0.29, 0.717) is 12.8 Å². The molecule has 50 heavy (non-hydrogen) atoms. The molecule has 9 heteroatoms. The second-order valence-electron chi connectivity index (χ2n) is 14.8. The van der Waals surface area contributed by atoms with Crippen molar-refractivity contribution in [3.05, 3.63) is 12.2 Å². The molecule has 296 valence electrons. The summed E-state index contributed by atoms with van der Waals surface area (Å²) in [5.74, 6) is -0.154. The van der Waals surface area contributed by atoms with Crippen LogP contribution in [0.2, 0.25) is 0 Å². The minimum atomic E-state index is -1.55. The molecule has 0 bridgehead atoms. The van der Waals surface area contributed by atoms with Gasteiger partial charge in [0.05, 0.1) is 25.4 Å². The summed E-state index contributed by atoms with van der Waals surface area (Å²) in [4.78, 5) is 12.9. The molecule has 1 aliphatic rings. The number of hydrogen-bond acceptors (Lipinski definition) is 8. The number of rotatable bonds is 34. The second-order valence-corrected chi connectivity index (χ2v) is 14.8. The summed E-state index contributed by atoms with van der Waals surface area (Å²) in [6, 6.07) is -0.717. The van der Waals surface area contributed by atoms with E-state index in [0.717, 1.165) is 51.4 Å². The number of carbonyl (C=O) groups is 1. The Bertz CT molecular complexity index is 797. The standard InChI is InChI=1S/C41H79NO8/c1-3-5-7-9-11-13-15-17-18-19-21-23-25-27-29-31-37(45)42-34(33-49-41-40(48)39(47)38(46)36(32-43)50-41)35(44)30-28-26-24-22-20-16-14-12-10-8-6-4-2/h17-18,34-36,38-41,43-44,46-48H,3-16,19-33H2,1-2H3,(H,42,45)/b18-17+/t34-,35+,36-,38-,39?,40?,41-/m0/s1. The number of carbonyl (C=O) groups excluding carboxylic acids is 1.